The van der Waals surface area contributed by atoms with Crippen molar-refractivity contribution in [3.8, 4) is 0 Å². The quantitative estimate of drug-likeness (QED) is 0.642. The number of nitrogens with zero attached hydrogens (tertiary/aromatic N) is 1. The summed E-state index contributed by atoms with van der Waals surface area (Å²) in [6.45, 7) is 2.63. The molecule has 0 aliphatic rings. The molecule has 0 saturated heterocycles. The van der Waals surface area contributed by atoms with Crippen molar-refractivity contribution in [2.45, 2.75) is 13.5 Å². The van der Waals surface area contributed by atoms with E-state index in [0.717, 1.165) is 26.5 Å². The van der Waals surface area contributed by atoms with Crippen LogP contribution >= 0.6 is 34.5 Å². The molecule has 0 saturated carbocycles. The smallest absolute Gasteiger partial charge is 0.152 e. The van der Waals surface area contributed by atoms with E-state index < -0.39 is 0 Å². The van der Waals surface area contributed by atoms with E-state index in [1.54, 1.807) is 17.5 Å². The molecule has 1 aromatic carbocycles. The van der Waals surface area contributed by atoms with E-state index in [2.05, 4.69) is 16.4 Å². The van der Waals surface area contributed by atoms with Crippen LogP contribution in [0.15, 0.2) is 36.5 Å². The molecule has 0 aliphatic heterocycles. The van der Waals surface area contributed by atoms with Gasteiger partial charge in [0.15, 0.2) is 5.15 Å². The normalized spacial score (nSPS) is 10.9. The Morgan fingerprint density at radius 3 is 2.85 bits per heavy atom. The van der Waals surface area contributed by atoms with Crippen LogP contribution in [0.3, 0.4) is 0 Å². The van der Waals surface area contributed by atoms with Gasteiger partial charge >= 0.3 is 0 Å². The van der Waals surface area contributed by atoms with Crippen LogP contribution in [0.2, 0.25) is 10.2 Å². The van der Waals surface area contributed by atoms with E-state index in [-0.39, 0.29) is 0 Å². The van der Waals surface area contributed by atoms with E-state index in [0.29, 0.717) is 11.7 Å². The van der Waals surface area contributed by atoms with E-state index in [1.165, 1.54) is 4.70 Å². The Labute approximate surface area is 131 Å². The highest BCUT2D eigenvalue weighted by atomic mass is 35.5. The number of anilines is 1. The first-order chi connectivity index (χ1) is 9.65. The molecule has 0 atom stereocenters. The van der Waals surface area contributed by atoms with E-state index >= 15 is 0 Å². The van der Waals surface area contributed by atoms with Crippen LogP contribution in [-0.2, 0) is 6.54 Å². The summed E-state index contributed by atoms with van der Waals surface area (Å²) in [5.74, 6) is 0. The summed E-state index contributed by atoms with van der Waals surface area (Å²) in [5.41, 5.74) is 1.90. The first-order valence-electron chi connectivity index (χ1n) is 6.17. The fraction of sp³-hybridized carbons (Fsp3) is 0.133. The maximum atomic E-state index is 6.42. The lowest BCUT2D eigenvalue weighted by Crippen LogP contribution is -2.00. The number of halogens is 2. The Bertz CT molecular complexity index is 768. The predicted molar refractivity (Wildman–Crippen MR) is 88.1 cm³/mol. The van der Waals surface area contributed by atoms with Gasteiger partial charge in [-0.1, -0.05) is 41.4 Å². The molecular formula is C15H12Cl2N2S. The summed E-state index contributed by atoms with van der Waals surface area (Å²) in [6, 6.07) is 10.1. The molecule has 3 rings (SSSR count). The van der Waals surface area contributed by atoms with Crippen LogP contribution in [0.4, 0.5) is 5.69 Å². The molecule has 102 valence electrons. The first-order valence-corrected chi connectivity index (χ1v) is 7.74. The zero-order valence-corrected chi connectivity index (χ0v) is 13.1. The third-order valence-electron chi connectivity index (χ3n) is 3.02. The summed E-state index contributed by atoms with van der Waals surface area (Å²) in [6.07, 6.45) is 1.75. The van der Waals surface area contributed by atoms with Gasteiger partial charge in [-0.15, -0.1) is 11.3 Å². The Morgan fingerprint density at radius 1 is 1.25 bits per heavy atom. The Hall–Kier alpha value is -1.29. The molecule has 0 radical (unpaired) electrons. The SMILES string of the molecule is Cc1cnc(Cl)c(NCc2sc3ccccc3c2Cl)c1. The van der Waals surface area contributed by atoms with Gasteiger partial charge in [0.1, 0.15) is 0 Å². The van der Waals surface area contributed by atoms with Crippen LogP contribution in [0.5, 0.6) is 0 Å². The monoisotopic (exact) mass is 322 g/mol. The Balaban J connectivity index is 1.87. The van der Waals surface area contributed by atoms with Crippen molar-refractivity contribution in [1.82, 2.24) is 4.98 Å². The number of hydrogen-bond donors (Lipinski definition) is 1. The van der Waals surface area contributed by atoms with Crippen molar-refractivity contribution in [2.75, 3.05) is 5.32 Å². The molecule has 0 spiro atoms. The van der Waals surface area contributed by atoms with Gasteiger partial charge in [0.05, 0.1) is 17.3 Å². The van der Waals surface area contributed by atoms with Crippen molar-refractivity contribution in [3.05, 3.63) is 57.1 Å². The van der Waals surface area contributed by atoms with Gasteiger partial charge in [-0.25, -0.2) is 4.98 Å². The highest BCUT2D eigenvalue weighted by molar-refractivity contribution is 7.19. The second-order valence-corrected chi connectivity index (χ2v) is 6.41. The van der Waals surface area contributed by atoms with Crippen LogP contribution < -0.4 is 5.32 Å². The molecule has 2 nitrogen and oxygen atoms in total. The van der Waals surface area contributed by atoms with Gasteiger partial charge in [0, 0.05) is 21.2 Å². The summed E-state index contributed by atoms with van der Waals surface area (Å²) in [4.78, 5) is 5.23. The molecule has 1 N–H and O–H groups in total. The van der Waals surface area contributed by atoms with Crippen LogP contribution in [0.25, 0.3) is 10.1 Å². The van der Waals surface area contributed by atoms with Crippen molar-refractivity contribution >= 4 is 50.3 Å². The number of aryl methyl sites for hydroxylation is 1. The fourth-order valence-electron chi connectivity index (χ4n) is 2.03. The molecule has 5 heteroatoms. The molecule has 0 amide bonds. The van der Waals surface area contributed by atoms with Crippen LogP contribution in [0.1, 0.15) is 10.4 Å². The van der Waals surface area contributed by atoms with Gasteiger partial charge < -0.3 is 5.32 Å². The highest BCUT2D eigenvalue weighted by Gasteiger charge is 2.10. The summed E-state index contributed by atoms with van der Waals surface area (Å²) in [5, 5.41) is 5.70. The van der Waals surface area contributed by atoms with Crippen LogP contribution in [0, 0.1) is 6.92 Å². The number of benzene rings is 1. The minimum absolute atomic E-state index is 0.479. The third kappa shape index (κ3) is 2.62. The molecule has 20 heavy (non-hydrogen) atoms. The average Bonchev–Trinajstić information content (AvgIpc) is 2.77. The lowest BCUT2D eigenvalue weighted by atomic mass is 10.2. The number of fused-ring (bicyclic) bond motifs is 1. The number of aromatic nitrogens is 1. The lowest BCUT2D eigenvalue weighted by molar-refractivity contribution is 1.16. The number of pyridine rings is 1. The van der Waals surface area contributed by atoms with Crippen molar-refractivity contribution in [1.29, 1.82) is 0 Å². The topological polar surface area (TPSA) is 24.9 Å². The van der Waals surface area contributed by atoms with E-state index in [4.69, 9.17) is 23.2 Å². The molecule has 0 unspecified atom stereocenters. The van der Waals surface area contributed by atoms with Gasteiger partial charge in [0.25, 0.3) is 0 Å². The molecule has 2 aromatic heterocycles. The molecule has 0 fully saturated rings. The minimum Gasteiger partial charge on any atom is -0.378 e. The molecule has 0 bridgehead atoms. The maximum absolute atomic E-state index is 6.42. The Kier molecular flexibility index (Phi) is 3.83. The van der Waals surface area contributed by atoms with Gasteiger partial charge in [0.2, 0.25) is 0 Å². The molecule has 2 heterocycles. The summed E-state index contributed by atoms with van der Waals surface area (Å²) < 4.78 is 1.20. The molecular weight excluding hydrogens is 311 g/mol. The maximum Gasteiger partial charge on any atom is 0.152 e. The first kappa shape index (κ1) is 13.7. The van der Waals surface area contributed by atoms with Gasteiger partial charge in [-0.2, -0.15) is 0 Å². The molecule has 0 aliphatic carbocycles. The minimum atomic E-state index is 0.479. The standard InChI is InChI=1S/C15H12Cl2N2S/c1-9-6-11(15(17)19-7-9)18-8-13-14(16)10-4-2-3-5-12(10)20-13/h2-7,18H,8H2,1H3. The van der Waals surface area contributed by atoms with Gasteiger partial charge in [-0.05, 0) is 24.6 Å². The largest absolute Gasteiger partial charge is 0.378 e. The third-order valence-corrected chi connectivity index (χ3v) is 5.03. The zero-order chi connectivity index (χ0) is 14.1. The fourth-order valence-corrected chi connectivity index (χ4v) is 3.64. The van der Waals surface area contributed by atoms with Crippen molar-refractivity contribution < 1.29 is 0 Å². The van der Waals surface area contributed by atoms with E-state index in [9.17, 15) is 0 Å². The predicted octanol–water partition coefficient (Wildman–Crippen LogP) is 5.52. The van der Waals surface area contributed by atoms with Crippen molar-refractivity contribution in [3.63, 3.8) is 0 Å². The zero-order valence-electron chi connectivity index (χ0n) is 10.8. The highest BCUT2D eigenvalue weighted by Crippen LogP contribution is 2.35. The Morgan fingerprint density at radius 2 is 2.05 bits per heavy atom. The lowest BCUT2D eigenvalue weighted by Gasteiger charge is -2.07. The number of thiophene rings is 1. The number of rotatable bonds is 3. The average molecular weight is 323 g/mol. The number of nitrogens with one attached hydrogen (secondary N) is 1. The molecule has 3 aromatic rings. The summed E-state index contributed by atoms with van der Waals surface area (Å²) >= 11 is 14.2. The second kappa shape index (κ2) is 5.60. The van der Waals surface area contributed by atoms with Gasteiger partial charge in [-0.3, -0.25) is 0 Å². The number of hydrogen-bond acceptors (Lipinski definition) is 3. The summed E-state index contributed by atoms with van der Waals surface area (Å²) in [7, 11) is 0. The van der Waals surface area contributed by atoms with Crippen LogP contribution in [-0.4, -0.2) is 4.98 Å². The second-order valence-electron chi connectivity index (χ2n) is 4.54. The van der Waals surface area contributed by atoms with Crippen molar-refractivity contribution in [2.24, 2.45) is 0 Å². The van der Waals surface area contributed by atoms with E-state index in [1.807, 2.05) is 31.2 Å².